The maximum atomic E-state index is 7.42. The van der Waals surface area contributed by atoms with Crippen molar-refractivity contribution in [2.75, 3.05) is 0 Å². The lowest BCUT2D eigenvalue weighted by atomic mass is 9.83. The second-order valence-corrected chi connectivity index (χ2v) is 33.6. The summed E-state index contributed by atoms with van der Waals surface area (Å²) < 4.78 is 14.7. The minimum atomic E-state index is 0.551. The molecule has 7 nitrogen and oxygen atoms in total. The van der Waals surface area contributed by atoms with Crippen molar-refractivity contribution in [3.63, 3.8) is 0 Å². The van der Waals surface area contributed by atoms with Crippen molar-refractivity contribution in [1.29, 1.82) is 0 Å². The molecule has 21 aromatic carbocycles. The number of rotatable bonds is 13. The molecular formula is C121H74N6O. The van der Waals surface area contributed by atoms with E-state index in [-0.39, 0.29) is 0 Å². The van der Waals surface area contributed by atoms with Crippen LogP contribution in [0.1, 0.15) is 0 Å². The molecule has 0 amide bonds. The molecule has 0 aliphatic heterocycles. The quantitative estimate of drug-likeness (QED) is 0.108. The van der Waals surface area contributed by atoms with Crippen molar-refractivity contribution < 1.29 is 4.42 Å². The van der Waals surface area contributed by atoms with Gasteiger partial charge in [-0.15, -0.1) is 0 Å². The van der Waals surface area contributed by atoms with Crippen LogP contribution in [0.3, 0.4) is 0 Å². The highest BCUT2D eigenvalue weighted by atomic mass is 16.3. The van der Waals surface area contributed by atoms with Crippen LogP contribution in [0, 0.1) is 0 Å². The van der Waals surface area contributed by atoms with Crippen LogP contribution in [0.2, 0.25) is 0 Å². The first-order valence-corrected chi connectivity index (χ1v) is 43.8. The van der Waals surface area contributed by atoms with E-state index in [0.29, 0.717) is 17.5 Å². The van der Waals surface area contributed by atoms with Crippen molar-refractivity contribution in [3.05, 3.63) is 449 Å². The average molecular weight is 1630 g/mol. The number of para-hydroxylation sites is 3. The van der Waals surface area contributed by atoms with Gasteiger partial charge in [-0.1, -0.05) is 334 Å². The molecule has 26 aromatic rings. The highest BCUT2D eigenvalue weighted by Gasteiger charge is 2.27. The third kappa shape index (κ3) is 11.6. The zero-order chi connectivity index (χ0) is 84.0. The second-order valence-electron chi connectivity index (χ2n) is 33.6. The Morgan fingerprint density at radius 1 is 0.172 bits per heavy atom. The summed E-state index contributed by atoms with van der Waals surface area (Å²) in [5.41, 5.74) is 30.0. The van der Waals surface area contributed by atoms with E-state index >= 15 is 0 Å². The Morgan fingerprint density at radius 3 is 1.10 bits per heavy atom. The molecule has 0 spiro atoms. The lowest BCUT2D eigenvalue weighted by Crippen LogP contribution is -2.00. The molecular weight excluding hydrogens is 1550 g/mol. The van der Waals surface area contributed by atoms with E-state index in [0.717, 1.165) is 155 Å². The number of hydrogen-bond acceptors (Lipinski definition) is 4. The Balaban J connectivity index is 0.652. The lowest BCUT2D eigenvalue weighted by molar-refractivity contribution is 0.670. The van der Waals surface area contributed by atoms with Crippen molar-refractivity contribution in [2.45, 2.75) is 0 Å². The number of hydrogen-bond donors (Lipinski definition) is 0. The van der Waals surface area contributed by atoms with Gasteiger partial charge in [0.2, 0.25) is 0 Å². The molecule has 0 N–H and O–H groups in total. The van der Waals surface area contributed by atoms with Crippen LogP contribution in [0.4, 0.5) is 0 Å². The summed E-state index contributed by atoms with van der Waals surface area (Å²) in [7, 11) is 0. The number of benzene rings is 21. The van der Waals surface area contributed by atoms with E-state index in [9.17, 15) is 0 Å². The molecule has 128 heavy (non-hydrogen) atoms. The summed E-state index contributed by atoms with van der Waals surface area (Å²) in [6, 6.07) is 164. The molecule has 0 unspecified atom stereocenters. The van der Waals surface area contributed by atoms with Gasteiger partial charge in [-0.3, -0.25) is 0 Å². The Morgan fingerprint density at radius 2 is 0.523 bits per heavy atom. The summed E-state index contributed by atoms with van der Waals surface area (Å²) in [4.78, 5) is 15.8. The Hall–Kier alpha value is -17.1. The zero-order valence-electron chi connectivity index (χ0n) is 69.3. The lowest BCUT2D eigenvalue weighted by Gasteiger charge is -2.20. The van der Waals surface area contributed by atoms with E-state index in [4.69, 9.17) is 19.4 Å². The van der Waals surface area contributed by atoms with Crippen LogP contribution < -0.4 is 0 Å². The van der Waals surface area contributed by atoms with Crippen LogP contribution in [-0.4, -0.2) is 28.7 Å². The van der Waals surface area contributed by atoms with Crippen LogP contribution in [-0.2, 0) is 0 Å². The molecule has 5 aromatic heterocycles. The summed E-state index contributed by atoms with van der Waals surface area (Å²) >= 11 is 0. The number of aromatic nitrogens is 6. The molecule has 594 valence electrons. The number of furan rings is 1. The summed E-state index contributed by atoms with van der Waals surface area (Å²) in [5.74, 6) is 1.73. The molecule has 0 radical (unpaired) electrons. The van der Waals surface area contributed by atoms with Crippen LogP contribution in [0.25, 0.3) is 260 Å². The summed E-state index contributed by atoms with van der Waals surface area (Å²) in [6.45, 7) is 0. The first-order chi connectivity index (χ1) is 63.5. The first-order valence-electron chi connectivity index (χ1n) is 43.8. The molecule has 26 rings (SSSR count). The SMILES string of the molecule is c1ccc(-c2ccc(-n3c4ccc(-c5ccc6c(c5)c5cc(-c7cccc8c(-c9c%10ccccc%10c(-c%10cccc%11ccccc%10%11)c%10ccccc9%10)cccc78)ccc5n6-c5ccccc5)cc4c4ccc(-c5cc(-c6ccc7c(c6)c6ccccc6n7-c6ccccc6)cc6c5oc5cccc(-c7nc(-c8ccccc8)nc(-c8ccccc8)n7)c56)cc43)cc2)cc1. The normalized spacial score (nSPS) is 11.9. The van der Waals surface area contributed by atoms with Crippen molar-refractivity contribution in [2.24, 2.45) is 0 Å². The fourth-order valence-corrected chi connectivity index (χ4v) is 20.7. The van der Waals surface area contributed by atoms with Gasteiger partial charge in [0.1, 0.15) is 11.2 Å². The predicted octanol–water partition coefficient (Wildman–Crippen LogP) is 32.3. The molecule has 0 fully saturated rings. The molecule has 0 atom stereocenters. The van der Waals surface area contributed by atoms with Gasteiger partial charge in [-0.2, -0.15) is 0 Å². The third-order valence-electron chi connectivity index (χ3n) is 26.5. The fourth-order valence-electron chi connectivity index (χ4n) is 20.7. The second kappa shape index (κ2) is 29.3. The topological polar surface area (TPSA) is 66.6 Å². The van der Waals surface area contributed by atoms with Gasteiger partial charge >= 0.3 is 0 Å². The molecule has 7 heteroatoms. The molecule has 5 heterocycles. The van der Waals surface area contributed by atoms with E-state index in [1.54, 1.807) is 0 Å². The predicted molar refractivity (Wildman–Crippen MR) is 535 cm³/mol. The van der Waals surface area contributed by atoms with Crippen LogP contribution >= 0.6 is 0 Å². The maximum Gasteiger partial charge on any atom is 0.164 e. The minimum Gasteiger partial charge on any atom is -0.455 e. The van der Waals surface area contributed by atoms with Gasteiger partial charge < -0.3 is 18.1 Å². The largest absolute Gasteiger partial charge is 0.455 e. The molecule has 0 bridgehead atoms. The van der Waals surface area contributed by atoms with Gasteiger partial charge in [0, 0.05) is 82.4 Å². The highest BCUT2D eigenvalue weighted by Crippen LogP contribution is 2.51. The minimum absolute atomic E-state index is 0.551. The Kier molecular flexibility index (Phi) is 16.6. The van der Waals surface area contributed by atoms with Gasteiger partial charge in [-0.25, -0.2) is 15.0 Å². The van der Waals surface area contributed by atoms with E-state index in [2.05, 4.69) is 426 Å². The Bertz CT molecular complexity index is 8920. The highest BCUT2D eigenvalue weighted by molar-refractivity contribution is 6.27. The molecule has 0 aliphatic rings. The zero-order valence-corrected chi connectivity index (χ0v) is 69.3. The number of nitrogens with zero attached hydrogens (tertiary/aromatic N) is 6. The van der Waals surface area contributed by atoms with Crippen molar-refractivity contribution >= 4 is 130 Å². The molecule has 0 saturated carbocycles. The summed E-state index contributed by atoms with van der Waals surface area (Å²) in [5, 5.41) is 18.6. The monoisotopic (exact) mass is 1630 g/mol. The van der Waals surface area contributed by atoms with Crippen LogP contribution in [0.5, 0.6) is 0 Å². The third-order valence-corrected chi connectivity index (χ3v) is 26.5. The van der Waals surface area contributed by atoms with E-state index in [1.807, 2.05) is 36.4 Å². The van der Waals surface area contributed by atoms with Crippen LogP contribution in [0.15, 0.2) is 453 Å². The Labute approximate surface area is 736 Å². The number of fused-ring (bicyclic) bond motifs is 16. The molecule has 0 saturated heterocycles. The smallest absolute Gasteiger partial charge is 0.164 e. The van der Waals surface area contributed by atoms with Gasteiger partial charge in [0.25, 0.3) is 0 Å². The van der Waals surface area contributed by atoms with Gasteiger partial charge in [0.15, 0.2) is 17.5 Å². The van der Waals surface area contributed by atoms with Crippen molar-refractivity contribution in [3.8, 4) is 129 Å². The van der Waals surface area contributed by atoms with Crippen molar-refractivity contribution in [1.82, 2.24) is 28.7 Å². The van der Waals surface area contributed by atoms with Gasteiger partial charge in [-0.05, 0) is 231 Å². The first kappa shape index (κ1) is 72.5. The van der Waals surface area contributed by atoms with E-state index in [1.165, 1.54) is 87.1 Å². The average Bonchev–Trinajstić information content (AvgIpc) is 0.956. The summed E-state index contributed by atoms with van der Waals surface area (Å²) in [6.07, 6.45) is 0. The maximum absolute atomic E-state index is 7.42. The molecule has 0 aliphatic carbocycles. The standard InChI is InChI=1S/C121H74N6O/c1-6-28-75(29-7-1)76-54-61-88(62-55-76)127-110-64-57-80(81-58-65-111-105(69-81)106-71-83(60-67-112(106)126(111)87-38-14-5-15-39-87)90-46-25-48-92-91(90)47-26-50-96(92)116-99-44-20-18-42-97(99)115(98-43-19-21-45-100(98)116)95-49-24-35-77-30-16-17-40-89(77)95)68-104(110)94-63-56-84(74-113(94)127)102-72-85(82-59-66-109-103(70-82)93-41-22-23-52-108(93)125(109)86-36-12-4-13-37-86)73-107-117-101(51-27-53-114(117)128-118(102)107)121-123-119(78-31-8-2-9-32-78)122-120(124-121)79-33-10-3-11-34-79/h1-74H. The van der Waals surface area contributed by atoms with Gasteiger partial charge in [0.05, 0.1) is 33.1 Å². The van der Waals surface area contributed by atoms with E-state index < -0.39 is 0 Å². The fraction of sp³-hybridized carbons (Fsp3) is 0.